The standard InChI is InChI=1S/C14H22N2O2.HI/c1-4-16(3,5-2)10-11-18-14(17)12-6-8-13(15)9-7-12;/h6-9H,4-5,10-11H2,1-3H3,(H-,15,17);1H. The Morgan fingerprint density at radius 2 is 1.74 bits per heavy atom. The van der Waals surface area contributed by atoms with Crippen LogP contribution in [0.2, 0.25) is 0 Å². The van der Waals surface area contributed by atoms with Crippen LogP contribution in [0.5, 0.6) is 0 Å². The Labute approximate surface area is 132 Å². The molecule has 5 heteroatoms. The maximum Gasteiger partial charge on any atom is 0.338 e. The summed E-state index contributed by atoms with van der Waals surface area (Å²) in [4.78, 5) is 11.7. The summed E-state index contributed by atoms with van der Waals surface area (Å²) in [5, 5.41) is 0. The number of anilines is 1. The number of hydrogen-bond acceptors (Lipinski definition) is 3. The van der Waals surface area contributed by atoms with E-state index in [2.05, 4.69) is 20.9 Å². The molecule has 2 N–H and O–H groups in total. The number of benzene rings is 1. The second kappa shape index (κ2) is 8.37. The molecule has 4 nitrogen and oxygen atoms in total. The average Bonchev–Trinajstić information content (AvgIpc) is 2.39. The normalized spacial score (nSPS) is 10.7. The first kappa shape index (κ1) is 18.2. The Morgan fingerprint density at radius 3 is 2.21 bits per heavy atom. The number of halogens is 1. The van der Waals surface area contributed by atoms with Crippen LogP contribution in [-0.4, -0.2) is 43.7 Å². The lowest BCUT2D eigenvalue weighted by molar-refractivity contribution is -0.906. The minimum atomic E-state index is -0.284. The van der Waals surface area contributed by atoms with E-state index in [1.54, 1.807) is 24.3 Å². The SMILES string of the molecule is CC[N+](C)(CC)CCOC(=O)c1ccc(N)cc1.[I-]. The van der Waals surface area contributed by atoms with Crippen molar-refractivity contribution < 1.29 is 38.0 Å². The fraction of sp³-hybridized carbons (Fsp3) is 0.500. The number of esters is 1. The third kappa shape index (κ3) is 5.78. The first-order valence-corrected chi connectivity index (χ1v) is 6.37. The minimum absolute atomic E-state index is 0. The minimum Gasteiger partial charge on any atom is -1.00 e. The van der Waals surface area contributed by atoms with Crippen molar-refractivity contribution in [2.24, 2.45) is 0 Å². The molecule has 0 saturated carbocycles. The van der Waals surface area contributed by atoms with Gasteiger partial charge in [-0.25, -0.2) is 4.79 Å². The molecule has 0 saturated heterocycles. The molecule has 1 aromatic rings. The van der Waals surface area contributed by atoms with Crippen molar-refractivity contribution in [3.63, 3.8) is 0 Å². The second-order valence-electron chi connectivity index (χ2n) is 4.73. The highest BCUT2D eigenvalue weighted by Gasteiger charge is 2.17. The molecule has 0 bridgehead atoms. The van der Waals surface area contributed by atoms with Gasteiger partial charge in [-0.2, -0.15) is 0 Å². The molecular weight excluding hydrogens is 355 g/mol. The predicted molar refractivity (Wildman–Crippen MR) is 73.3 cm³/mol. The van der Waals surface area contributed by atoms with Crippen LogP contribution in [0.1, 0.15) is 24.2 Å². The molecule has 0 unspecified atom stereocenters. The van der Waals surface area contributed by atoms with Crippen molar-refractivity contribution >= 4 is 11.7 Å². The maximum absolute atomic E-state index is 11.7. The molecule has 0 radical (unpaired) electrons. The first-order chi connectivity index (χ1) is 8.50. The van der Waals surface area contributed by atoms with Gasteiger partial charge in [-0.05, 0) is 38.1 Å². The zero-order chi connectivity index (χ0) is 13.6. The molecule has 0 amide bonds. The number of carbonyl (C=O) groups excluding carboxylic acids is 1. The number of nitrogen functional groups attached to an aromatic ring is 1. The number of nitrogens with two attached hydrogens (primary N) is 1. The Balaban J connectivity index is 0.00000324. The third-order valence-electron chi connectivity index (χ3n) is 3.54. The van der Waals surface area contributed by atoms with Crippen LogP contribution in [0.25, 0.3) is 0 Å². The van der Waals surface area contributed by atoms with E-state index in [0.717, 1.165) is 24.1 Å². The van der Waals surface area contributed by atoms with Crippen LogP contribution in [0.3, 0.4) is 0 Å². The van der Waals surface area contributed by atoms with E-state index in [0.29, 0.717) is 17.9 Å². The number of carbonyl (C=O) groups is 1. The molecule has 19 heavy (non-hydrogen) atoms. The van der Waals surface area contributed by atoms with Gasteiger partial charge >= 0.3 is 5.97 Å². The molecule has 1 aromatic carbocycles. The lowest BCUT2D eigenvalue weighted by Gasteiger charge is -2.31. The van der Waals surface area contributed by atoms with Gasteiger partial charge in [-0.15, -0.1) is 0 Å². The number of likely N-dealkylation sites (N-methyl/N-ethyl adjacent to an activating group) is 1. The first-order valence-electron chi connectivity index (χ1n) is 6.37. The van der Waals surface area contributed by atoms with Crippen molar-refractivity contribution in [1.29, 1.82) is 0 Å². The number of ether oxygens (including phenoxy) is 1. The summed E-state index contributed by atoms with van der Waals surface area (Å²) in [6, 6.07) is 6.78. The van der Waals surface area contributed by atoms with E-state index in [1.807, 2.05) is 0 Å². The van der Waals surface area contributed by atoms with Gasteiger partial charge in [0.25, 0.3) is 0 Å². The van der Waals surface area contributed by atoms with Crippen LogP contribution in [0.4, 0.5) is 5.69 Å². The van der Waals surface area contributed by atoms with Crippen molar-refractivity contribution in [2.75, 3.05) is 39.0 Å². The molecule has 0 aliphatic rings. The Bertz CT molecular complexity index is 389. The van der Waals surface area contributed by atoms with E-state index >= 15 is 0 Å². The van der Waals surface area contributed by atoms with E-state index in [1.165, 1.54) is 0 Å². The van der Waals surface area contributed by atoms with Crippen LogP contribution in [0, 0.1) is 0 Å². The molecular formula is C14H23IN2O2. The summed E-state index contributed by atoms with van der Waals surface area (Å²) in [7, 11) is 2.16. The van der Waals surface area contributed by atoms with Gasteiger partial charge in [0.15, 0.2) is 0 Å². The highest BCUT2D eigenvalue weighted by Crippen LogP contribution is 2.07. The van der Waals surface area contributed by atoms with Crippen molar-refractivity contribution in [2.45, 2.75) is 13.8 Å². The zero-order valence-corrected chi connectivity index (χ0v) is 14.0. The molecule has 1 rings (SSSR count). The molecule has 0 fully saturated rings. The van der Waals surface area contributed by atoms with Crippen molar-refractivity contribution in [3.8, 4) is 0 Å². The zero-order valence-electron chi connectivity index (χ0n) is 11.9. The monoisotopic (exact) mass is 378 g/mol. The fourth-order valence-electron chi connectivity index (χ4n) is 1.60. The van der Waals surface area contributed by atoms with Gasteiger partial charge in [0.2, 0.25) is 0 Å². The lowest BCUT2D eigenvalue weighted by atomic mass is 10.2. The van der Waals surface area contributed by atoms with Crippen LogP contribution >= 0.6 is 0 Å². The van der Waals surface area contributed by atoms with Crippen LogP contribution in [-0.2, 0) is 4.74 Å². The van der Waals surface area contributed by atoms with E-state index in [4.69, 9.17) is 10.5 Å². The van der Waals surface area contributed by atoms with Crippen molar-refractivity contribution in [1.82, 2.24) is 0 Å². The summed E-state index contributed by atoms with van der Waals surface area (Å²) in [6.07, 6.45) is 0. The topological polar surface area (TPSA) is 52.3 Å². The summed E-state index contributed by atoms with van der Waals surface area (Å²) in [6.45, 7) is 7.65. The Hall–Kier alpha value is -0.820. The van der Waals surface area contributed by atoms with E-state index in [-0.39, 0.29) is 29.9 Å². The van der Waals surface area contributed by atoms with Gasteiger partial charge in [0.05, 0.1) is 25.7 Å². The smallest absolute Gasteiger partial charge is 0.338 e. The van der Waals surface area contributed by atoms with Gasteiger partial charge < -0.3 is 38.9 Å². The fourth-order valence-corrected chi connectivity index (χ4v) is 1.60. The van der Waals surface area contributed by atoms with Gasteiger partial charge in [-0.3, -0.25) is 0 Å². The largest absolute Gasteiger partial charge is 1.00 e. The summed E-state index contributed by atoms with van der Waals surface area (Å²) < 4.78 is 6.18. The van der Waals surface area contributed by atoms with Crippen LogP contribution < -0.4 is 29.7 Å². The highest BCUT2D eigenvalue weighted by molar-refractivity contribution is 5.89. The number of hydrogen-bond donors (Lipinski definition) is 1. The number of rotatable bonds is 6. The quantitative estimate of drug-likeness (QED) is 0.297. The third-order valence-corrected chi connectivity index (χ3v) is 3.54. The molecule has 0 aliphatic heterocycles. The number of nitrogens with zero attached hydrogens (tertiary/aromatic N) is 1. The highest BCUT2D eigenvalue weighted by atomic mass is 127. The van der Waals surface area contributed by atoms with E-state index < -0.39 is 0 Å². The Morgan fingerprint density at radius 1 is 1.21 bits per heavy atom. The summed E-state index contributed by atoms with van der Waals surface area (Å²) >= 11 is 0. The maximum atomic E-state index is 11.7. The molecule has 0 aliphatic carbocycles. The summed E-state index contributed by atoms with van der Waals surface area (Å²) in [5.41, 5.74) is 6.76. The molecule has 108 valence electrons. The van der Waals surface area contributed by atoms with Gasteiger partial charge in [-0.1, -0.05) is 0 Å². The summed E-state index contributed by atoms with van der Waals surface area (Å²) in [5.74, 6) is -0.284. The van der Waals surface area contributed by atoms with Crippen molar-refractivity contribution in [3.05, 3.63) is 29.8 Å². The molecule has 0 heterocycles. The van der Waals surface area contributed by atoms with Gasteiger partial charge in [0, 0.05) is 5.69 Å². The lowest BCUT2D eigenvalue weighted by Crippen LogP contribution is -3.00. The molecule has 0 atom stereocenters. The van der Waals surface area contributed by atoms with Crippen LogP contribution in [0.15, 0.2) is 24.3 Å². The predicted octanol–water partition coefficient (Wildman–Crippen LogP) is -1.08. The second-order valence-corrected chi connectivity index (χ2v) is 4.73. The average molecular weight is 378 g/mol. The molecule has 0 spiro atoms. The number of quaternary nitrogens is 1. The molecule has 0 aromatic heterocycles. The Kier molecular flexibility index (Phi) is 8.01. The van der Waals surface area contributed by atoms with Gasteiger partial charge in [0.1, 0.15) is 13.2 Å². The van der Waals surface area contributed by atoms with E-state index in [9.17, 15) is 4.79 Å².